The van der Waals surface area contributed by atoms with Gasteiger partial charge in [0.1, 0.15) is 12.1 Å². The molecule has 0 aliphatic rings. The lowest BCUT2D eigenvalue weighted by Crippen LogP contribution is -2.16. The molecule has 0 fully saturated rings. The van der Waals surface area contributed by atoms with Crippen LogP contribution in [0.15, 0.2) is 12.5 Å². The van der Waals surface area contributed by atoms with Gasteiger partial charge in [-0.15, -0.1) is 0 Å². The zero-order valence-electron chi connectivity index (χ0n) is 11.8. The molecule has 102 valence electrons. The molecule has 0 spiro atoms. The number of aryl methyl sites for hydroxylation is 2. The molecular formula is C13H19N5O. The number of rotatable bonds is 5. The number of nitrogens with zero attached hydrogens (tertiary/aromatic N) is 4. The molecule has 19 heavy (non-hydrogen) atoms. The molecular weight excluding hydrogens is 242 g/mol. The van der Waals surface area contributed by atoms with Gasteiger partial charge in [0.2, 0.25) is 0 Å². The Bertz CT molecular complexity index is 564. The van der Waals surface area contributed by atoms with E-state index in [4.69, 9.17) is 4.74 Å². The third-order valence-electron chi connectivity index (χ3n) is 2.97. The minimum atomic E-state index is 0.623. The molecule has 1 N–H and O–H groups in total. The molecule has 2 rings (SSSR count). The lowest BCUT2D eigenvalue weighted by Gasteiger charge is -2.12. The van der Waals surface area contributed by atoms with Gasteiger partial charge in [0.25, 0.3) is 0 Å². The molecule has 0 saturated carbocycles. The van der Waals surface area contributed by atoms with Gasteiger partial charge in [-0.2, -0.15) is 5.10 Å². The van der Waals surface area contributed by atoms with Gasteiger partial charge in [-0.3, -0.25) is 9.67 Å². The highest BCUT2D eigenvalue weighted by molar-refractivity contribution is 5.40. The van der Waals surface area contributed by atoms with E-state index in [0.29, 0.717) is 13.1 Å². The van der Waals surface area contributed by atoms with Crippen molar-refractivity contribution in [2.75, 3.05) is 7.11 Å². The van der Waals surface area contributed by atoms with E-state index in [2.05, 4.69) is 20.4 Å². The van der Waals surface area contributed by atoms with Crippen LogP contribution in [0, 0.1) is 13.8 Å². The van der Waals surface area contributed by atoms with Gasteiger partial charge < -0.3 is 10.1 Å². The van der Waals surface area contributed by atoms with Crippen LogP contribution in [0.5, 0.6) is 5.75 Å². The molecule has 0 atom stereocenters. The molecule has 0 saturated heterocycles. The van der Waals surface area contributed by atoms with Crippen LogP contribution in [0.4, 0.5) is 0 Å². The molecule has 2 aromatic heterocycles. The molecule has 6 heteroatoms. The quantitative estimate of drug-likeness (QED) is 0.874. The largest absolute Gasteiger partial charge is 0.496 e. The fourth-order valence-electron chi connectivity index (χ4n) is 2.01. The monoisotopic (exact) mass is 261 g/mol. The van der Waals surface area contributed by atoms with Crippen molar-refractivity contribution in [3.63, 3.8) is 0 Å². The smallest absolute Gasteiger partial charge is 0.164 e. The first kappa shape index (κ1) is 13.5. The highest BCUT2D eigenvalue weighted by Gasteiger charge is 2.09. The van der Waals surface area contributed by atoms with E-state index in [0.717, 1.165) is 28.4 Å². The van der Waals surface area contributed by atoms with E-state index in [1.54, 1.807) is 18.1 Å². The number of hydrogen-bond donors (Lipinski definition) is 1. The molecule has 2 aromatic rings. The number of ether oxygens (including phenoxy) is 1. The lowest BCUT2D eigenvalue weighted by molar-refractivity contribution is 0.406. The first-order valence-corrected chi connectivity index (χ1v) is 6.16. The van der Waals surface area contributed by atoms with Crippen LogP contribution in [-0.4, -0.2) is 26.9 Å². The van der Waals surface area contributed by atoms with Crippen LogP contribution in [-0.2, 0) is 20.1 Å². The van der Waals surface area contributed by atoms with Crippen molar-refractivity contribution in [3.8, 4) is 5.75 Å². The summed E-state index contributed by atoms with van der Waals surface area (Å²) in [6, 6.07) is 0. The molecule has 0 aromatic carbocycles. The first-order valence-electron chi connectivity index (χ1n) is 6.16. The van der Waals surface area contributed by atoms with Crippen LogP contribution in [0.3, 0.4) is 0 Å². The van der Waals surface area contributed by atoms with Crippen molar-refractivity contribution in [1.29, 1.82) is 0 Å². The van der Waals surface area contributed by atoms with E-state index < -0.39 is 0 Å². The first-order chi connectivity index (χ1) is 9.11. The van der Waals surface area contributed by atoms with Crippen molar-refractivity contribution in [3.05, 3.63) is 35.2 Å². The summed E-state index contributed by atoms with van der Waals surface area (Å²) >= 11 is 0. The van der Waals surface area contributed by atoms with E-state index in [1.807, 2.05) is 27.1 Å². The summed E-state index contributed by atoms with van der Waals surface area (Å²) in [5.74, 6) is 1.68. The summed E-state index contributed by atoms with van der Waals surface area (Å²) in [6.45, 7) is 5.31. The Balaban J connectivity index is 2.00. The molecule has 0 radical (unpaired) electrons. The van der Waals surface area contributed by atoms with Crippen molar-refractivity contribution in [2.45, 2.75) is 26.9 Å². The Kier molecular flexibility index (Phi) is 4.11. The van der Waals surface area contributed by atoms with E-state index in [9.17, 15) is 0 Å². The van der Waals surface area contributed by atoms with Crippen LogP contribution in [0.1, 0.15) is 22.6 Å². The summed E-state index contributed by atoms with van der Waals surface area (Å²) in [7, 11) is 3.54. The van der Waals surface area contributed by atoms with Crippen molar-refractivity contribution >= 4 is 0 Å². The Morgan fingerprint density at radius 2 is 2.05 bits per heavy atom. The third-order valence-corrected chi connectivity index (χ3v) is 2.97. The maximum Gasteiger partial charge on any atom is 0.164 e. The minimum Gasteiger partial charge on any atom is -0.496 e. The lowest BCUT2D eigenvalue weighted by atomic mass is 10.1. The van der Waals surface area contributed by atoms with Crippen LogP contribution in [0.2, 0.25) is 0 Å². The van der Waals surface area contributed by atoms with Gasteiger partial charge in [-0.1, -0.05) is 0 Å². The van der Waals surface area contributed by atoms with Crippen LogP contribution in [0.25, 0.3) is 0 Å². The highest BCUT2D eigenvalue weighted by atomic mass is 16.5. The van der Waals surface area contributed by atoms with Gasteiger partial charge in [-0.05, 0) is 13.8 Å². The van der Waals surface area contributed by atoms with Crippen molar-refractivity contribution < 1.29 is 4.74 Å². The predicted molar refractivity (Wildman–Crippen MR) is 71.8 cm³/mol. The SMILES string of the molecule is COc1c(C)cnc(CNCc2ncn(C)n2)c1C. The predicted octanol–water partition coefficient (Wildman–Crippen LogP) is 1.13. The second kappa shape index (κ2) is 5.79. The second-order valence-electron chi connectivity index (χ2n) is 4.48. The molecule has 6 nitrogen and oxygen atoms in total. The van der Waals surface area contributed by atoms with E-state index in [-0.39, 0.29) is 0 Å². The molecule has 0 bridgehead atoms. The summed E-state index contributed by atoms with van der Waals surface area (Å²) in [5, 5.41) is 7.50. The number of hydrogen-bond acceptors (Lipinski definition) is 5. The fraction of sp³-hybridized carbons (Fsp3) is 0.462. The topological polar surface area (TPSA) is 64.9 Å². The molecule has 0 aliphatic carbocycles. The van der Waals surface area contributed by atoms with E-state index >= 15 is 0 Å². The standard InChI is InChI=1S/C13H19N5O/c1-9-5-15-11(10(2)13(9)19-4)6-14-7-12-16-8-18(3)17-12/h5,8,14H,6-7H2,1-4H3. The number of aromatic nitrogens is 4. The van der Waals surface area contributed by atoms with Gasteiger partial charge in [-0.25, -0.2) is 4.98 Å². The third kappa shape index (κ3) is 3.08. The fourth-order valence-corrected chi connectivity index (χ4v) is 2.01. The van der Waals surface area contributed by atoms with Gasteiger partial charge in [0, 0.05) is 30.9 Å². The average molecular weight is 261 g/mol. The summed E-state index contributed by atoms with van der Waals surface area (Å²) in [4.78, 5) is 8.60. The van der Waals surface area contributed by atoms with Crippen LogP contribution >= 0.6 is 0 Å². The Labute approximate surface area is 112 Å². The summed E-state index contributed by atoms with van der Waals surface area (Å²) < 4.78 is 7.08. The summed E-state index contributed by atoms with van der Waals surface area (Å²) in [5.41, 5.74) is 3.11. The highest BCUT2D eigenvalue weighted by Crippen LogP contribution is 2.23. The number of nitrogens with one attached hydrogen (secondary N) is 1. The van der Waals surface area contributed by atoms with Crippen molar-refractivity contribution in [1.82, 2.24) is 25.1 Å². The molecule has 0 aliphatic heterocycles. The van der Waals surface area contributed by atoms with Gasteiger partial charge in [0.15, 0.2) is 5.82 Å². The maximum absolute atomic E-state index is 5.39. The minimum absolute atomic E-state index is 0.623. The molecule has 2 heterocycles. The number of pyridine rings is 1. The maximum atomic E-state index is 5.39. The Morgan fingerprint density at radius 3 is 2.68 bits per heavy atom. The second-order valence-corrected chi connectivity index (χ2v) is 4.48. The van der Waals surface area contributed by atoms with Gasteiger partial charge >= 0.3 is 0 Å². The van der Waals surface area contributed by atoms with Crippen LogP contribution < -0.4 is 10.1 Å². The molecule has 0 amide bonds. The zero-order valence-corrected chi connectivity index (χ0v) is 11.8. The Morgan fingerprint density at radius 1 is 1.26 bits per heavy atom. The van der Waals surface area contributed by atoms with Gasteiger partial charge in [0.05, 0.1) is 19.3 Å². The number of methoxy groups -OCH3 is 1. The summed E-state index contributed by atoms with van der Waals surface area (Å²) in [6.07, 6.45) is 3.53. The normalized spacial score (nSPS) is 10.7. The van der Waals surface area contributed by atoms with Crippen molar-refractivity contribution in [2.24, 2.45) is 7.05 Å². The zero-order chi connectivity index (χ0) is 13.8. The van der Waals surface area contributed by atoms with E-state index in [1.165, 1.54) is 0 Å². The Hall–Kier alpha value is -1.95. The average Bonchev–Trinajstić information content (AvgIpc) is 2.79. The molecule has 0 unspecified atom stereocenters.